The van der Waals surface area contributed by atoms with Gasteiger partial charge in [0.2, 0.25) is 0 Å². The van der Waals surface area contributed by atoms with Gasteiger partial charge in [0.1, 0.15) is 5.69 Å². The second-order valence-electron chi connectivity index (χ2n) is 6.36. The smallest absolute Gasteiger partial charge is 0.268 e. The first-order valence-corrected chi connectivity index (χ1v) is 7.18. The Labute approximate surface area is 115 Å². The summed E-state index contributed by atoms with van der Waals surface area (Å²) >= 11 is 0. The quantitative estimate of drug-likeness (QED) is 0.881. The Morgan fingerprint density at radius 3 is 2.68 bits per heavy atom. The van der Waals surface area contributed by atoms with Gasteiger partial charge in [-0.05, 0) is 44.1 Å². The Balaban J connectivity index is 1.98. The number of nitrogens with two attached hydrogens (primary N) is 1. The molecule has 1 aromatic rings. The average Bonchev–Trinajstić information content (AvgIpc) is 2.73. The van der Waals surface area contributed by atoms with Gasteiger partial charge in [-0.1, -0.05) is 13.8 Å². The van der Waals surface area contributed by atoms with Crippen molar-refractivity contribution in [2.24, 2.45) is 5.41 Å². The number of aromatic nitrogens is 1. The Bertz CT molecular complexity index is 452. The summed E-state index contributed by atoms with van der Waals surface area (Å²) in [6.45, 7) is 7.37. The van der Waals surface area contributed by atoms with E-state index in [1.807, 2.05) is 17.7 Å². The fourth-order valence-corrected chi connectivity index (χ4v) is 2.79. The van der Waals surface area contributed by atoms with Crippen molar-refractivity contribution >= 4 is 11.6 Å². The average molecular weight is 263 g/mol. The Kier molecular flexibility index (Phi) is 3.88. The van der Waals surface area contributed by atoms with Crippen LogP contribution in [-0.4, -0.2) is 16.5 Å². The summed E-state index contributed by atoms with van der Waals surface area (Å²) in [6, 6.07) is 2.06. The molecule has 0 aliphatic heterocycles. The van der Waals surface area contributed by atoms with E-state index in [9.17, 15) is 4.79 Å². The molecule has 3 N–H and O–H groups in total. The lowest BCUT2D eigenvalue weighted by Gasteiger charge is -2.34. The van der Waals surface area contributed by atoms with Crippen LogP contribution < -0.4 is 11.1 Å². The summed E-state index contributed by atoms with van der Waals surface area (Å²) in [4.78, 5) is 12.3. The number of amides is 1. The van der Waals surface area contributed by atoms with Gasteiger partial charge in [-0.25, -0.2) is 0 Å². The van der Waals surface area contributed by atoms with Gasteiger partial charge in [-0.15, -0.1) is 0 Å². The maximum atomic E-state index is 12.3. The number of rotatable bonds is 3. The summed E-state index contributed by atoms with van der Waals surface area (Å²) in [7, 11) is 0. The minimum atomic E-state index is 0.00301. The first kappa shape index (κ1) is 14.0. The molecule has 0 bridgehead atoms. The molecule has 106 valence electrons. The molecule has 1 aliphatic rings. The summed E-state index contributed by atoms with van der Waals surface area (Å²) in [5, 5.41) is 3.15. The molecule has 0 unspecified atom stereocenters. The van der Waals surface area contributed by atoms with Crippen LogP contribution in [0.4, 0.5) is 5.69 Å². The number of hydrogen-bond donors (Lipinski definition) is 2. The molecule has 19 heavy (non-hydrogen) atoms. The number of carbonyl (C=O) groups is 1. The molecule has 2 rings (SSSR count). The standard InChI is InChI=1S/C15H25N3O/c1-4-18-10-11(16)9-13(18)14(19)17-12-5-7-15(2,3)8-6-12/h9-10,12H,4-8,16H2,1-3H3,(H,17,19). The molecular weight excluding hydrogens is 238 g/mol. The van der Waals surface area contributed by atoms with Crippen LogP contribution >= 0.6 is 0 Å². The van der Waals surface area contributed by atoms with Gasteiger partial charge in [-0.3, -0.25) is 4.79 Å². The van der Waals surface area contributed by atoms with E-state index in [-0.39, 0.29) is 5.91 Å². The largest absolute Gasteiger partial charge is 0.397 e. The number of hydrogen-bond acceptors (Lipinski definition) is 2. The van der Waals surface area contributed by atoms with Gasteiger partial charge in [0.05, 0.1) is 5.69 Å². The molecule has 1 saturated carbocycles. The van der Waals surface area contributed by atoms with E-state index in [4.69, 9.17) is 5.73 Å². The van der Waals surface area contributed by atoms with Crippen LogP contribution in [0.2, 0.25) is 0 Å². The van der Waals surface area contributed by atoms with Crippen LogP contribution in [0, 0.1) is 5.41 Å². The van der Waals surface area contributed by atoms with Crippen molar-refractivity contribution in [2.75, 3.05) is 5.73 Å². The number of aryl methyl sites for hydroxylation is 1. The van der Waals surface area contributed by atoms with Crippen molar-refractivity contribution in [3.63, 3.8) is 0 Å². The molecule has 0 aromatic carbocycles. The fraction of sp³-hybridized carbons (Fsp3) is 0.667. The minimum absolute atomic E-state index is 0.00301. The normalized spacial score (nSPS) is 19.3. The third-order valence-corrected chi connectivity index (χ3v) is 4.17. The van der Waals surface area contributed by atoms with Crippen molar-refractivity contribution in [1.29, 1.82) is 0 Å². The predicted octanol–water partition coefficient (Wildman–Crippen LogP) is 2.79. The zero-order chi connectivity index (χ0) is 14.0. The van der Waals surface area contributed by atoms with Gasteiger partial charge in [0.25, 0.3) is 5.91 Å². The Morgan fingerprint density at radius 1 is 1.47 bits per heavy atom. The minimum Gasteiger partial charge on any atom is -0.397 e. The second kappa shape index (κ2) is 5.27. The lowest BCUT2D eigenvalue weighted by atomic mass is 9.75. The molecule has 1 aliphatic carbocycles. The number of anilines is 1. The molecule has 0 radical (unpaired) electrons. The molecule has 0 atom stereocenters. The molecular formula is C15H25N3O. The van der Waals surface area contributed by atoms with Gasteiger partial charge in [0.15, 0.2) is 0 Å². The van der Waals surface area contributed by atoms with E-state index in [0.29, 0.717) is 22.8 Å². The summed E-state index contributed by atoms with van der Waals surface area (Å²) in [5.74, 6) is 0.00301. The third-order valence-electron chi connectivity index (χ3n) is 4.17. The summed E-state index contributed by atoms with van der Waals surface area (Å²) in [5.41, 5.74) is 7.51. The lowest BCUT2D eigenvalue weighted by molar-refractivity contribution is 0.0900. The summed E-state index contributed by atoms with van der Waals surface area (Å²) < 4.78 is 1.90. The van der Waals surface area contributed by atoms with Crippen LogP contribution in [-0.2, 0) is 6.54 Å². The molecule has 1 amide bonds. The monoisotopic (exact) mass is 263 g/mol. The van der Waals surface area contributed by atoms with E-state index in [0.717, 1.165) is 19.4 Å². The number of nitrogens with zero attached hydrogens (tertiary/aromatic N) is 1. The van der Waals surface area contributed by atoms with Crippen LogP contribution in [0.15, 0.2) is 12.3 Å². The maximum Gasteiger partial charge on any atom is 0.268 e. The fourth-order valence-electron chi connectivity index (χ4n) is 2.79. The summed E-state index contributed by atoms with van der Waals surface area (Å²) in [6.07, 6.45) is 6.31. The molecule has 0 spiro atoms. The lowest BCUT2D eigenvalue weighted by Crippen LogP contribution is -2.39. The van der Waals surface area contributed by atoms with Gasteiger partial charge in [0, 0.05) is 18.8 Å². The van der Waals surface area contributed by atoms with Crippen LogP contribution in [0.5, 0.6) is 0 Å². The van der Waals surface area contributed by atoms with Gasteiger partial charge in [-0.2, -0.15) is 0 Å². The maximum absolute atomic E-state index is 12.3. The highest BCUT2D eigenvalue weighted by Crippen LogP contribution is 2.35. The zero-order valence-electron chi connectivity index (χ0n) is 12.2. The van der Waals surface area contributed by atoms with Crippen LogP contribution in [0.3, 0.4) is 0 Å². The van der Waals surface area contributed by atoms with Crippen molar-refractivity contribution in [3.05, 3.63) is 18.0 Å². The third kappa shape index (κ3) is 3.31. The topological polar surface area (TPSA) is 60.0 Å². The van der Waals surface area contributed by atoms with Crippen molar-refractivity contribution in [3.8, 4) is 0 Å². The zero-order valence-corrected chi connectivity index (χ0v) is 12.2. The van der Waals surface area contributed by atoms with Crippen LogP contribution in [0.1, 0.15) is 56.9 Å². The molecule has 1 fully saturated rings. The predicted molar refractivity (Wildman–Crippen MR) is 78.0 cm³/mol. The van der Waals surface area contributed by atoms with Gasteiger partial charge >= 0.3 is 0 Å². The number of carbonyl (C=O) groups excluding carboxylic acids is 1. The SMILES string of the molecule is CCn1cc(N)cc1C(=O)NC1CCC(C)(C)CC1. The van der Waals surface area contributed by atoms with Crippen molar-refractivity contribution < 1.29 is 4.79 Å². The van der Waals surface area contributed by atoms with Crippen molar-refractivity contribution in [2.45, 2.75) is 59.0 Å². The van der Waals surface area contributed by atoms with E-state index in [1.165, 1.54) is 12.8 Å². The Morgan fingerprint density at radius 2 is 2.11 bits per heavy atom. The van der Waals surface area contributed by atoms with E-state index in [2.05, 4.69) is 19.2 Å². The molecule has 4 heteroatoms. The van der Waals surface area contributed by atoms with Gasteiger partial charge < -0.3 is 15.6 Å². The number of nitrogen functional groups attached to an aromatic ring is 1. The Hall–Kier alpha value is -1.45. The van der Waals surface area contributed by atoms with Crippen LogP contribution in [0.25, 0.3) is 0 Å². The molecule has 1 heterocycles. The number of nitrogens with one attached hydrogen (secondary N) is 1. The molecule has 4 nitrogen and oxygen atoms in total. The second-order valence-corrected chi connectivity index (χ2v) is 6.36. The highest BCUT2D eigenvalue weighted by molar-refractivity contribution is 5.94. The highest BCUT2D eigenvalue weighted by Gasteiger charge is 2.28. The van der Waals surface area contributed by atoms with E-state index >= 15 is 0 Å². The van der Waals surface area contributed by atoms with Crippen molar-refractivity contribution in [1.82, 2.24) is 9.88 Å². The first-order chi connectivity index (χ1) is 8.91. The molecule has 1 aromatic heterocycles. The van der Waals surface area contributed by atoms with E-state index in [1.54, 1.807) is 6.07 Å². The first-order valence-electron chi connectivity index (χ1n) is 7.18. The molecule has 0 saturated heterocycles. The highest BCUT2D eigenvalue weighted by atomic mass is 16.2. The van der Waals surface area contributed by atoms with E-state index < -0.39 is 0 Å².